The summed E-state index contributed by atoms with van der Waals surface area (Å²) in [4.78, 5) is 0. The maximum absolute atomic E-state index is 7.04. The molecule has 0 N–H and O–H groups in total. The van der Waals surface area contributed by atoms with Gasteiger partial charge in [-0.15, -0.1) is 0 Å². The zero-order valence-electron chi connectivity index (χ0n) is 15.8. The van der Waals surface area contributed by atoms with E-state index in [0.29, 0.717) is 0 Å². The maximum Gasteiger partial charge on any atom is 0.158 e. The van der Waals surface area contributed by atoms with E-state index in [4.69, 9.17) is 4.74 Å². The lowest BCUT2D eigenvalue weighted by Gasteiger charge is -2.22. The lowest BCUT2D eigenvalue weighted by atomic mass is 9.74. The smallest absolute Gasteiger partial charge is 0.158 e. The summed E-state index contributed by atoms with van der Waals surface area (Å²) in [5.74, 6) is 0. The quantitative estimate of drug-likeness (QED) is 0.328. The van der Waals surface area contributed by atoms with Crippen LogP contribution in [0.15, 0.2) is 97.1 Å². The van der Waals surface area contributed by atoms with Gasteiger partial charge in [0, 0.05) is 0 Å². The van der Waals surface area contributed by atoms with Gasteiger partial charge in [-0.3, -0.25) is 0 Å². The number of benzene rings is 4. The normalized spacial score (nSPS) is 17.9. The predicted molar refractivity (Wildman–Crippen MR) is 116 cm³/mol. The van der Waals surface area contributed by atoms with E-state index in [1.54, 1.807) is 0 Å². The molecule has 3 aliphatic rings. The van der Waals surface area contributed by atoms with Crippen LogP contribution in [-0.4, -0.2) is 0 Å². The largest absolute Gasteiger partial charge is 0.342 e. The molecular weight excluding hydrogens is 352 g/mol. The minimum Gasteiger partial charge on any atom is -0.342 e. The maximum atomic E-state index is 7.04. The van der Waals surface area contributed by atoms with Gasteiger partial charge in [0.2, 0.25) is 0 Å². The topological polar surface area (TPSA) is 12.5 Å². The molecule has 2 spiro atoms. The Morgan fingerprint density at radius 1 is 0.414 bits per heavy atom. The molecule has 0 radical (unpaired) electrons. The van der Waals surface area contributed by atoms with Crippen molar-refractivity contribution in [3.8, 4) is 11.1 Å². The van der Waals surface area contributed by atoms with E-state index in [0.717, 1.165) is 0 Å². The molecule has 1 aliphatic heterocycles. The van der Waals surface area contributed by atoms with Crippen molar-refractivity contribution < 1.29 is 4.74 Å². The minimum absolute atomic E-state index is 0.488. The van der Waals surface area contributed by atoms with Crippen molar-refractivity contribution in [2.24, 2.45) is 0 Å². The fraction of sp³-hybridized carbons (Fsp3) is 0.0714. The molecule has 1 fully saturated rings. The van der Waals surface area contributed by atoms with E-state index in [-0.39, 0.29) is 0 Å². The second-order valence-corrected chi connectivity index (χ2v) is 8.06. The number of epoxide rings is 1. The molecule has 0 amide bonds. The van der Waals surface area contributed by atoms with Crippen LogP contribution in [0.25, 0.3) is 23.3 Å². The molecule has 0 saturated carbocycles. The van der Waals surface area contributed by atoms with Gasteiger partial charge in [0.05, 0.1) is 0 Å². The second kappa shape index (κ2) is 5.14. The molecule has 1 saturated heterocycles. The average Bonchev–Trinajstić information content (AvgIpc) is 3.44. The monoisotopic (exact) mass is 370 g/mol. The Morgan fingerprint density at radius 2 is 0.793 bits per heavy atom. The Morgan fingerprint density at radius 3 is 1.31 bits per heavy atom. The summed E-state index contributed by atoms with van der Waals surface area (Å²) >= 11 is 0. The molecule has 4 aromatic rings. The van der Waals surface area contributed by atoms with Gasteiger partial charge in [0.25, 0.3) is 0 Å². The van der Waals surface area contributed by atoms with E-state index in [2.05, 4.69) is 109 Å². The van der Waals surface area contributed by atoms with Gasteiger partial charge in [0.1, 0.15) is 0 Å². The van der Waals surface area contributed by atoms with Crippen LogP contribution in [-0.2, 0) is 15.9 Å². The van der Waals surface area contributed by atoms with Crippen LogP contribution in [0.3, 0.4) is 0 Å². The Hall–Kier alpha value is -3.42. The highest BCUT2D eigenvalue weighted by Crippen LogP contribution is 2.74. The van der Waals surface area contributed by atoms with Gasteiger partial charge in [-0.1, -0.05) is 109 Å². The molecule has 0 aromatic heterocycles. The Labute approximate surface area is 169 Å². The van der Waals surface area contributed by atoms with Crippen molar-refractivity contribution in [1.29, 1.82) is 0 Å². The van der Waals surface area contributed by atoms with Crippen LogP contribution >= 0.6 is 0 Å². The van der Waals surface area contributed by atoms with Crippen molar-refractivity contribution in [2.45, 2.75) is 11.2 Å². The average molecular weight is 370 g/mol. The predicted octanol–water partition coefficient (Wildman–Crippen LogP) is 6.37. The molecule has 1 heterocycles. The van der Waals surface area contributed by atoms with E-state index in [1.807, 2.05) is 0 Å². The van der Waals surface area contributed by atoms with Crippen LogP contribution < -0.4 is 0 Å². The van der Waals surface area contributed by atoms with Gasteiger partial charge in [-0.2, -0.15) is 0 Å². The summed E-state index contributed by atoms with van der Waals surface area (Å²) < 4.78 is 7.04. The molecule has 4 aromatic carbocycles. The molecule has 0 atom stereocenters. The van der Waals surface area contributed by atoms with Crippen molar-refractivity contribution in [3.05, 3.63) is 130 Å². The molecule has 0 unspecified atom stereocenters. The van der Waals surface area contributed by atoms with Crippen molar-refractivity contribution >= 4 is 12.2 Å². The first-order valence-corrected chi connectivity index (χ1v) is 10.1. The van der Waals surface area contributed by atoms with E-state index in [1.165, 1.54) is 44.5 Å². The van der Waals surface area contributed by atoms with E-state index >= 15 is 0 Å². The Bertz CT molecular complexity index is 1250. The fourth-order valence-corrected chi connectivity index (χ4v) is 5.63. The third-order valence-corrected chi connectivity index (χ3v) is 6.79. The molecule has 0 bridgehead atoms. The third kappa shape index (κ3) is 1.67. The SMILES string of the molecule is C1=Cc2ccccc2C2(OC23c2ccccc2-c2ccccc23)c2ccccc21. The molecule has 1 nitrogen and oxygen atoms in total. The molecule has 2 aliphatic carbocycles. The van der Waals surface area contributed by atoms with Crippen LogP contribution in [0, 0.1) is 0 Å². The molecule has 1 heteroatoms. The zero-order chi connectivity index (χ0) is 19.1. The zero-order valence-corrected chi connectivity index (χ0v) is 15.8. The number of hydrogen-bond donors (Lipinski definition) is 0. The van der Waals surface area contributed by atoms with Crippen LogP contribution in [0.2, 0.25) is 0 Å². The van der Waals surface area contributed by atoms with Gasteiger partial charge in [0.15, 0.2) is 11.2 Å². The van der Waals surface area contributed by atoms with Crippen molar-refractivity contribution in [1.82, 2.24) is 0 Å². The molecule has 7 rings (SSSR count). The lowest BCUT2D eigenvalue weighted by Crippen LogP contribution is -2.24. The first-order chi connectivity index (χ1) is 14.4. The molecular formula is C28H18O. The molecule has 136 valence electrons. The highest BCUT2D eigenvalue weighted by atomic mass is 16.6. The first-order valence-electron chi connectivity index (χ1n) is 10.1. The summed E-state index contributed by atoms with van der Waals surface area (Å²) in [6, 6.07) is 34.8. The first kappa shape index (κ1) is 15.5. The Balaban J connectivity index is 1.64. The summed E-state index contributed by atoms with van der Waals surface area (Å²) in [7, 11) is 0. The van der Waals surface area contributed by atoms with Crippen molar-refractivity contribution in [2.75, 3.05) is 0 Å². The summed E-state index contributed by atoms with van der Waals surface area (Å²) in [6.45, 7) is 0. The van der Waals surface area contributed by atoms with Crippen LogP contribution in [0.5, 0.6) is 0 Å². The van der Waals surface area contributed by atoms with E-state index in [9.17, 15) is 0 Å². The number of fused-ring (bicyclic) bond motifs is 10. The summed E-state index contributed by atoms with van der Waals surface area (Å²) in [5.41, 5.74) is 9.04. The van der Waals surface area contributed by atoms with E-state index < -0.39 is 11.2 Å². The summed E-state index contributed by atoms with van der Waals surface area (Å²) in [5, 5.41) is 0. The number of ether oxygens (including phenoxy) is 1. The standard InChI is InChI=1S/C28H18O/c1-5-13-23-19(9-1)17-18-20-10-2-6-14-24(20)27(23)28(29-27)25-15-7-3-11-21(25)22-12-4-8-16-26(22)28/h1-18H. The van der Waals surface area contributed by atoms with Crippen LogP contribution in [0.4, 0.5) is 0 Å². The third-order valence-electron chi connectivity index (χ3n) is 6.79. The van der Waals surface area contributed by atoms with Gasteiger partial charge in [-0.05, 0) is 44.5 Å². The highest BCUT2D eigenvalue weighted by molar-refractivity contribution is 5.87. The lowest BCUT2D eigenvalue weighted by molar-refractivity contribution is 0.302. The number of hydrogen-bond acceptors (Lipinski definition) is 1. The van der Waals surface area contributed by atoms with Gasteiger partial charge >= 0.3 is 0 Å². The second-order valence-electron chi connectivity index (χ2n) is 8.06. The van der Waals surface area contributed by atoms with Gasteiger partial charge in [-0.25, -0.2) is 0 Å². The van der Waals surface area contributed by atoms with Crippen LogP contribution in [0.1, 0.15) is 33.4 Å². The number of rotatable bonds is 0. The fourth-order valence-electron chi connectivity index (χ4n) is 5.63. The minimum atomic E-state index is -0.521. The summed E-state index contributed by atoms with van der Waals surface area (Å²) in [6.07, 6.45) is 4.45. The Kier molecular flexibility index (Phi) is 2.75. The molecule has 29 heavy (non-hydrogen) atoms. The van der Waals surface area contributed by atoms with Gasteiger partial charge < -0.3 is 4.74 Å². The van der Waals surface area contributed by atoms with Crippen molar-refractivity contribution in [3.63, 3.8) is 0 Å². The highest BCUT2D eigenvalue weighted by Gasteiger charge is 2.77.